The third kappa shape index (κ3) is 5.63. The predicted molar refractivity (Wildman–Crippen MR) is 150 cm³/mol. The number of imidazole rings is 1. The molecule has 12 heteroatoms. The Bertz CT molecular complexity index is 1540. The zero-order valence-corrected chi connectivity index (χ0v) is 22.0. The van der Waals surface area contributed by atoms with E-state index in [0.717, 1.165) is 54.8 Å². The van der Waals surface area contributed by atoms with E-state index >= 15 is 0 Å². The number of ether oxygens (including phenoxy) is 2. The lowest BCUT2D eigenvalue weighted by Gasteiger charge is -2.35. The van der Waals surface area contributed by atoms with E-state index in [1.165, 1.54) is 0 Å². The van der Waals surface area contributed by atoms with Crippen LogP contribution >= 0.6 is 11.6 Å². The van der Waals surface area contributed by atoms with Gasteiger partial charge in [0.05, 0.1) is 29.7 Å². The van der Waals surface area contributed by atoms with Crippen molar-refractivity contribution in [2.75, 3.05) is 48.4 Å². The van der Waals surface area contributed by atoms with Gasteiger partial charge in [-0.05, 0) is 30.3 Å². The molecule has 11 nitrogen and oxygen atoms in total. The van der Waals surface area contributed by atoms with E-state index in [1.807, 2.05) is 36.4 Å². The first-order valence-electron chi connectivity index (χ1n) is 12.5. The Kier molecular flexibility index (Phi) is 6.96. The van der Waals surface area contributed by atoms with Gasteiger partial charge in [0.25, 0.3) is 0 Å². The standard InChI is InChI=1S/C27H26ClN9O2/c1-38-18-7-8-22(19(28)15-18)39-25-16-24(36-11-13-37(14-12-36)27-29-9-4-10-30-27)34-26(35-25)31-17-23-32-20-5-2-3-6-21(20)33-23/h2-10,15-16H,11-14,17H2,1H3,(H,32,33)(H,31,34,35). The highest BCUT2D eigenvalue weighted by Crippen LogP contribution is 2.33. The van der Waals surface area contributed by atoms with Crippen LogP contribution in [0.25, 0.3) is 11.0 Å². The molecule has 2 N–H and O–H groups in total. The summed E-state index contributed by atoms with van der Waals surface area (Å²) in [4.78, 5) is 30.5. The number of hydrogen-bond donors (Lipinski definition) is 2. The Morgan fingerprint density at radius 3 is 2.49 bits per heavy atom. The minimum Gasteiger partial charge on any atom is -0.497 e. The lowest BCUT2D eigenvalue weighted by atomic mass is 10.3. The SMILES string of the molecule is COc1ccc(Oc2cc(N3CCN(c4ncccn4)CC3)nc(NCc3nc4ccccc4[nH]3)n2)c(Cl)c1. The number of piperazine rings is 1. The molecule has 198 valence electrons. The Hall–Kier alpha value is -4.64. The van der Waals surface area contributed by atoms with Gasteiger partial charge in [0.2, 0.25) is 17.8 Å². The molecule has 0 spiro atoms. The summed E-state index contributed by atoms with van der Waals surface area (Å²) in [7, 11) is 1.59. The number of para-hydroxylation sites is 2. The highest BCUT2D eigenvalue weighted by atomic mass is 35.5. The Labute approximate surface area is 229 Å². The van der Waals surface area contributed by atoms with Crippen LogP contribution in [-0.2, 0) is 6.54 Å². The topological polar surface area (TPSA) is 117 Å². The van der Waals surface area contributed by atoms with Gasteiger partial charge >= 0.3 is 0 Å². The zero-order chi connectivity index (χ0) is 26.6. The first-order chi connectivity index (χ1) is 19.1. The number of aromatic nitrogens is 6. The number of nitrogens with one attached hydrogen (secondary N) is 2. The zero-order valence-electron chi connectivity index (χ0n) is 21.2. The van der Waals surface area contributed by atoms with E-state index in [1.54, 1.807) is 37.7 Å². The van der Waals surface area contributed by atoms with Crippen LogP contribution in [0.4, 0.5) is 17.7 Å². The third-order valence-corrected chi connectivity index (χ3v) is 6.63. The van der Waals surface area contributed by atoms with Crippen molar-refractivity contribution in [1.29, 1.82) is 0 Å². The van der Waals surface area contributed by atoms with Gasteiger partial charge in [0, 0.05) is 50.7 Å². The second kappa shape index (κ2) is 11.0. The molecule has 5 aromatic rings. The van der Waals surface area contributed by atoms with Gasteiger partial charge in [0.15, 0.2) is 0 Å². The average molecular weight is 544 g/mol. The molecule has 6 rings (SSSR count). The second-order valence-electron chi connectivity index (χ2n) is 8.86. The molecular formula is C27H26ClN9O2. The van der Waals surface area contributed by atoms with Crippen LogP contribution in [0.5, 0.6) is 17.4 Å². The smallest absolute Gasteiger partial charge is 0.228 e. The van der Waals surface area contributed by atoms with Gasteiger partial charge in [-0.1, -0.05) is 23.7 Å². The van der Waals surface area contributed by atoms with Crippen LogP contribution in [0.3, 0.4) is 0 Å². The number of halogens is 1. The Morgan fingerprint density at radius 2 is 1.72 bits per heavy atom. The maximum absolute atomic E-state index is 6.44. The average Bonchev–Trinajstić information content (AvgIpc) is 3.41. The molecule has 39 heavy (non-hydrogen) atoms. The van der Waals surface area contributed by atoms with E-state index in [-0.39, 0.29) is 0 Å². The van der Waals surface area contributed by atoms with Crippen molar-refractivity contribution >= 4 is 40.3 Å². The molecule has 0 aliphatic carbocycles. The number of anilines is 3. The van der Waals surface area contributed by atoms with Gasteiger partial charge < -0.3 is 29.6 Å². The maximum atomic E-state index is 6.44. The molecule has 1 aliphatic rings. The molecule has 1 saturated heterocycles. The number of aromatic amines is 1. The van der Waals surface area contributed by atoms with Gasteiger partial charge in [-0.2, -0.15) is 9.97 Å². The summed E-state index contributed by atoms with van der Waals surface area (Å²) in [6, 6.07) is 16.8. The summed E-state index contributed by atoms with van der Waals surface area (Å²) in [6.45, 7) is 3.41. The van der Waals surface area contributed by atoms with E-state index in [9.17, 15) is 0 Å². The van der Waals surface area contributed by atoms with Gasteiger partial charge in [0.1, 0.15) is 23.1 Å². The summed E-state index contributed by atoms with van der Waals surface area (Å²) < 4.78 is 11.4. The summed E-state index contributed by atoms with van der Waals surface area (Å²) in [5.41, 5.74) is 1.88. The van der Waals surface area contributed by atoms with E-state index in [2.05, 4.69) is 40.0 Å². The van der Waals surface area contributed by atoms with Crippen molar-refractivity contribution < 1.29 is 9.47 Å². The van der Waals surface area contributed by atoms with Crippen molar-refractivity contribution in [3.8, 4) is 17.4 Å². The molecule has 2 aromatic carbocycles. The largest absolute Gasteiger partial charge is 0.497 e. The molecule has 0 radical (unpaired) electrons. The number of hydrogen-bond acceptors (Lipinski definition) is 10. The molecule has 3 aromatic heterocycles. The van der Waals surface area contributed by atoms with E-state index in [4.69, 9.17) is 26.1 Å². The van der Waals surface area contributed by atoms with Gasteiger partial charge in [-0.25, -0.2) is 15.0 Å². The number of fused-ring (bicyclic) bond motifs is 1. The van der Waals surface area contributed by atoms with Gasteiger partial charge in [-0.3, -0.25) is 0 Å². The quantitative estimate of drug-likeness (QED) is 0.289. The minimum absolute atomic E-state index is 0.369. The van der Waals surface area contributed by atoms with Gasteiger partial charge in [-0.15, -0.1) is 0 Å². The predicted octanol–water partition coefficient (Wildman–Crippen LogP) is 4.54. The molecule has 1 aliphatic heterocycles. The second-order valence-corrected chi connectivity index (χ2v) is 9.27. The molecule has 1 fully saturated rings. The van der Waals surface area contributed by atoms with Crippen LogP contribution in [0.1, 0.15) is 5.82 Å². The molecule has 0 amide bonds. The fraction of sp³-hybridized carbons (Fsp3) is 0.222. The highest BCUT2D eigenvalue weighted by molar-refractivity contribution is 6.32. The monoisotopic (exact) mass is 543 g/mol. The van der Waals surface area contributed by atoms with Crippen LogP contribution < -0.4 is 24.6 Å². The van der Waals surface area contributed by atoms with Crippen molar-refractivity contribution in [2.45, 2.75) is 6.54 Å². The summed E-state index contributed by atoms with van der Waals surface area (Å²) >= 11 is 6.44. The Balaban J connectivity index is 1.24. The molecule has 0 saturated carbocycles. The van der Waals surface area contributed by atoms with Crippen LogP contribution in [0.15, 0.2) is 67.0 Å². The van der Waals surface area contributed by atoms with Crippen LogP contribution in [0.2, 0.25) is 5.02 Å². The van der Waals surface area contributed by atoms with E-state index in [0.29, 0.717) is 34.9 Å². The fourth-order valence-electron chi connectivity index (χ4n) is 4.35. The van der Waals surface area contributed by atoms with Crippen molar-refractivity contribution in [3.05, 3.63) is 77.8 Å². The molecular weight excluding hydrogens is 518 g/mol. The molecule has 4 heterocycles. The number of benzene rings is 2. The minimum atomic E-state index is 0.369. The highest BCUT2D eigenvalue weighted by Gasteiger charge is 2.22. The normalized spacial score (nSPS) is 13.5. The first kappa shape index (κ1) is 24.7. The van der Waals surface area contributed by atoms with Crippen molar-refractivity contribution in [2.24, 2.45) is 0 Å². The first-order valence-corrected chi connectivity index (χ1v) is 12.9. The molecule has 0 atom stereocenters. The molecule has 0 unspecified atom stereocenters. The maximum Gasteiger partial charge on any atom is 0.228 e. The summed E-state index contributed by atoms with van der Waals surface area (Å²) in [5, 5.41) is 3.71. The number of rotatable bonds is 8. The van der Waals surface area contributed by atoms with Crippen LogP contribution in [-0.4, -0.2) is 63.2 Å². The van der Waals surface area contributed by atoms with E-state index < -0.39 is 0 Å². The van der Waals surface area contributed by atoms with Crippen molar-refractivity contribution in [1.82, 2.24) is 29.9 Å². The lowest BCUT2D eigenvalue weighted by Crippen LogP contribution is -2.47. The third-order valence-electron chi connectivity index (χ3n) is 6.33. The lowest BCUT2D eigenvalue weighted by molar-refractivity contribution is 0.412. The Morgan fingerprint density at radius 1 is 0.923 bits per heavy atom. The number of methoxy groups -OCH3 is 1. The number of nitrogens with zero attached hydrogens (tertiary/aromatic N) is 7. The molecule has 0 bridgehead atoms. The number of H-pyrrole nitrogens is 1. The van der Waals surface area contributed by atoms with Crippen LogP contribution in [0, 0.1) is 0 Å². The fourth-order valence-corrected chi connectivity index (χ4v) is 4.56. The summed E-state index contributed by atoms with van der Waals surface area (Å²) in [6.07, 6.45) is 3.51. The van der Waals surface area contributed by atoms with Crippen molar-refractivity contribution in [3.63, 3.8) is 0 Å². The summed E-state index contributed by atoms with van der Waals surface area (Å²) in [5.74, 6) is 4.15.